The van der Waals surface area contributed by atoms with Gasteiger partial charge in [0.1, 0.15) is 18.3 Å². The van der Waals surface area contributed by atoms with Crippen LogP contribution in [0.3, 0.4) is 0 Å². The van der Waals surface area contributed by atoms with Crippen LogP contribution in [0.1, 0.15) is 71.6 Å². The van der Waals surface area contributed by atoms with Crippen LogP contribution in [0.4, 0.5) is 0 Å². The van der Waals surface area contributed by atoms with Crippen LogP contribution in [0, 0.1) is 0 Å². The van der Waals surface area contributed by atoms with Gasteiger partial charge in [0.05, 0.1) is 30.8 Å². The fourth-order valence-electron chi connectivity index (χ4n) is 5.19. The molecule has 180 valence electrons. The van der Waals surface area contributed by atoms with Crippen molar-refractivity contribution in [3.8, 4) is 0 Å². The Balaban J connectivity index is 1.71. The number of hydrogen-bond acceptors (Lipinski definition) is 7. The maximum absolute atomic E-state index is 11.9. The van der Waals surface area contributed by atoms with Gasteiger partial charge in [-0.25, -0.2) is 0 Å². The number of hydrogen-bond donors (Lipinski definition) is 5. The standard InChI is InChI=1S/C22H40N2O7/c1-14(26)23-12-8-7-9-16(23)20(29)19(28)11-6-4-3-5-10-17-21(30)22(31)18(13-25)24(17)15(2)27/h16-22,25,28-31H,3-13H2,1-2H3/t16-,17+,18-,19-,20-,21+,22+/m0/s1. The average Bonchev–Trinajstić information content (AvgIpc) is 2.99. The number of carbonyl (C=O) groups excluding carboxylic acids is 2. The van der Waals surface area contributed by atoms with Crippen molar-refractivity contribution in [1.82, 2.24) is 9.80 Å². The summed E-state index contributed by atoms with van der Waals surface area (Å²) in [7, 11) is 0. The summed E-state index contributed by atoms with van der Waals surface area (Å²) < 4.78 is 0. The molecule has 0 spiro atoms. The van der Waals surface area contributed by atoms with E-state index in [4.69, 9.17) is 0 Å². The third-order valence-corrected chi connectivity index (χ3v) is 6.90. The molecule has 2 aliphatic heterocycles. The molecule has 31 heavy (non-hydrogen) atoms. The third-order valence-electron chi connectivity index (χ3n) is 6.90. The Morgan fingerprint density at radius 3 is 2.19 bits per heavy atom. The molecule has 2 amide bonds. The lowest BCUT2D eigenvalue weighted by molar-refractivity contribution is -0.138. The van der Waals surface area contributed by atoms with Gasteiger partial charge in [-0.1, -0.05) is 25.7 Å². The van der Waals surface area contributed by atoms with Gasteiger partial charge in [-0.15, -0.1) is 0 Å². The molecule has 0 radical (unpaired) electrons. The smallest absolute Gasteiger partial charge is 0.220 e. The lowest BCUT2D eigenvalue weighted by Crippen LogP contribution is -2.52. The molecule has 9 heteroatoms. The molecule has 0 aromatic carbocycles. The van der Waals surface area contributed by atoms with E-state index < -0.39 is 43.1 Å². The van der Waals surface area contributed by atoms with Crippen molar-refractivity contribution in [2.45, 2.75) is 114 Å². The first-order valence-electron chi connectivity index (χ1n) is 11.6. The average molecular weight is 445 g/mol. The highest BCUT2D eigenvalue weighted by Crippen LogP contribution is 2.29. The zero-order valence-electron chi connectivity index (χ0n) is 18.8. The Morgan fingerprint density at radius 1 is 0.935 bits per heavy atom. The van der Waals surface area contributed by atoms with Gasteiger partial charge < -0.3 is 35.3 Å². The van der Waals surface area contributed by atoms with Crippen molar-refractivity contribution in [3.63, 3.8) is 0 Å². The number of rotatable bonds is 10. The van der Waals surface area contributed by atoms with Crippen LogP contribution in [0.2, 0.25) is 0 Å². The predicted molar refractivity (Wildman–Crippen MR) is 114 cm³/mol. The predicted octanol–water partition coefficient (Wildman–Crippen LogP) is -0.237. The van der Waals surface area contributed by atoms with E-state index in [2.05, 4.69) is 0 Å². The third kappa shape index (κ3) is 6.38. The highest BCUT2D eigenvalue weighted by atomic mass is 16.3. The second-order valence-electron chi connectivity index (χ2n) is 9.05. The lowest BCUT2D eigenvalue weighted by Gasteiger charge is -2.39. The summed E-state index contributed by atoms with van der Waals surface area (Å²) in [5, 5.41) is 50.7. The van der Waals surface area contributed by atoms with Gasteiger partial charge in [0.25, 0.3) is 0 Å². The Bertz CT molecular complexity index is 590. The molecule has 2 rings (SSSR count). The molecule has 0 bridgehead atoms. The number of unbranched alkanes of at least 4 members (excludes halogenated alkanes) is 3. The Kier molecular flexibility index (Phi) is 10.2. The first-order valence-corrected chi connectivity index (χ1v) is 11.6. The van der Waals surface area contributed by atoms with Crippen molar-refractivity contribution in [1.29, 1.82) is 0 Å². The highest BCUT2D eigenvalue weighted by molar-refractivity contribution is 5.75. The van der Waals surface area contributed by atoms with E-state index >= 15 is 0 Å². The Hall–Kier alpha value is -1.26. The zero-order valence-corrected chi connectivity index (χ0v) is 18.8. The number of amides is 2. The molecule has 2 heterocycles. The fraction of sp³-hybridized carbons (Fsp3) is 0.909. The van der Waals surface area contributed by atoms with Crippen molar-refractivity contribution >= 4 is 11.8 Å². The summed E-state index contributed by atoms with van der Waals surface area (Å²) in [5.41, 5.74) is 0. The largest absolute Gasteiger partial charge is 0.394 e. The molecule has 0 aliphatic carbocycles. The molecule has 2 fully saturated rings. The first-order chi connectivity index (χ1) is 14.7. The van der Waals surface area contributed by atoms with Gasteiger partial charge in [-0.05, 0) is 32.1 Å². The van der Waals surface area contributed by atoms with Crippen LogP contribution >= 0.6 is 0 Å². The fourth-order valence-corrected chi connectivity index (χ4v) is 5.19. The Labute approximate surface area is 184 Å². The SMILES string of the molecule is CC(=O)N1CCCC[C@H]1[C@H](O)[C@@H](O)CCCCCC[C@@H]1[C@@H](O)[C@H](O)[C@H](CO)N1C(C)=O. The molecule has 9 nitrogen and oxygen atoms in total. The maximum Gasteiger partial charge on any atom is 0.220 e. The minimum absolute atomic E-state index is 0.0711. The van der Waals surface area contributed by atoms with E-state index in [0.29, 0.717) is 25.8 Å². The number of aliphatic hydroxyl groups excluding tert-OH is 5. The number of nitrogens with zero attached hydrogens (tertiary/aromatic N) is 2. The van der Waals surface area contributed by atoms with Crippen LogP contribution in [-0.2, 0) is 9.59 Å². The summed E-state index contributed by atoms with van der Waals surface area (Å²) in [6.07, 6.45) is 2.58. The van der Waals surface area contributed by atoms with Gasteiger partial charge in [0, 0.05) is 20.4 Å². The van der Waals surface area contributed by atoms with E-state index in [9.17, 15) is 35.1 Å². The molecular weight excluding hydrogens is 404 g/mol. The van der Waals surface area contributed by atoms with Crippen molar-refractivity contribution in [2.75, 3.05) is 13.2 Å². The summed E-state index contributed by atoms with van der Waals surface area (Å²) in [6.45, 7) is 3.09. The van der Waals surface area contributed by atoms with Crippen LogP contribution in [0.15, 0.2) is 0 Å². The summed E-state index contributed by atoms with van der Waals surface area (Å²) in [6, 6.07) is -1.61. The molecule has 2 aliphatic rings. The quantitative estimate of drug-likeness (QED) is 0.293. The van der Waals surface area contributed by atoms with Crippen LogP contribution < -0.4 is 0 Å². The number of piperidine rings is 1. The first kappa shape index (κ1) is 26.0. The van der Waals surface area contributed by atoms with Crippen LogP contribution in [0.25, 0.3) is 0 Å². The molecule has 0 saturated carbocycles. The minimum Gasteiger partial charge on any atom is -0.394 e. The lowest BCUT2D eigenvalue weighted by atomic mass is 9.92. The van der Waals surface area contributed by atoms with Crippen molar-refractivity contribution < 1.29 is 35.1 Å². The van der Waals surface area contributed by atoms with Crippen molar-refractivity contribution in [2.24, 2.45) is 0 Å². The van der Waals surface area contributed by atoms with Crippen LogP contribution in [-0.4, -0.2) is 103 Å². The maximum atomic E-state index is 11.9. The topological polar surface area (TPSA) is 142 Å². The zero-order chi connectivity index (χ0) is 23.1. The summed E-state index contributed by atoms with van der Waals surface area (Å²) >= 11 is 0. The summed E-state index contributed by atoms with van der Waals surface area (Å²) in [5.74, 6) is -0.350. The molecule has 5 N–H and O–H groups in total. The van der Waals surface area contributed by atoms with Gasteiger partial charge in [-0.2, -0.15) is 0 Å². The minimum atomic E-state index is -1.15. The molecule has 0 aromatic heterocycles. The van der Waals surface area contributed by atoms with Crippen molar-refractivity contribution in [3.05, 3.63) is 0 Å². The van der Waals surface area contributed by atoms with Gasteiger partial charge in [0.2, 0.25) is 11.8 Å². The number of aliphatic hydroxyl groups is 5. The molecule has 7 atom stereocenters. The second-order valence-corrected chi connectivity index (χ2v) is 9.05. The monoisotopic (exact) mass is 444 g/mol. The molecular formula is C22H40N2O7. The van der Waals surface area contributed by atoms with Gasteiger partial charge in [0.15, 0.2) is 0 Å². The molecule has 0 unspecified atom stereocenters. The second kappa shape index (κ2) is 12.1. The normalized spacial score (nSPS) is 31.0. The highest BCUT2D eigenvalue weighted by Gasteiger charge is 2.48. The summed E-state index contributed by atoms with van der Waals surface area (Å²) in [4.78, 5) is 26.7. The molecule has 0 aromatic rings. The van der Waals surface area contributed by atoms with E-state index in [0.717, 1.165) is 38.5 Å². The van der Waals surface area contributed by atoms with E-state index in [-0.39, 0.29) is 17.9 Å². The van der Waals surface area contributed by atoms with Gasteiger partial charge in [-0.3, -0.25) is 9.59 Å². The molecule has 2 saturated heterocycles. The number of carbonyl (C=O) groups is 2. The van der Waals surface area contributed by atoms with E-state index in [1.165, 1.54) is 18.7 Å². The Morgan fingerprint density at radius 2 is 1.58 bits per heavy atom. The van der Waals surface area contributed by atoms with E-state index in [1.807, 2.05) is 0 Å². The van der Waals surface area contributed by atoms with Gasteiger partial charge >= 0.3 is 0 Å². The number of likely N-dealkylation sites (tertiary alicyclic amines) is 2. The van der Waals surface area contributed by atoms with Crippen LogP contribution in [0.5, 0.6) is 0 Å². The van der Waals surface area contributed by atoms with E-state index in [1.54, 1.807) is 4.90 Å².